The third kappa shape index (κ3) is 5.95. The van der Waals surface area contributed by atoms with Gasteiger partial charge in [0, 0.05) is 45.6 Å². The highest BCUT2D eigenvalue weighted by atomic mass is 16.5. The van der Waals surface area contributed by atoms with E-state index >= 15 is 0 Å². The van der Waals surface area contributed by atoms with Gasteiger partial charge in [0.05, 0.1) is 6.61 Å². The van der Waals surface area contributed by atoms with E-state index in [1.807, 2.05) is 48.5 Å². The second kappa shape index (κ2) is 13.7. The number of nitrogens with zero attached hydrogens (tertiary/aromatic N) is 3. The normalized spacial score (nSPS) is 14.2. The number of ether oxygens (including phenoxy) is 1. The number of hydrogen-bond donors (Lipinski definition) is 0. The number of para-hydroxylation sites is 1. The van der Waals surface area contributed by atoms with Crippen molar-refractivity contribution in [2.24, 2.45) is 0 Å². The minimum absolute atomic E-state index is 0.455. The summed E-state index contributed by atoms with van der Waals surface area (Å²) in [4.78, 5) is 15.2. The zero-order valence-corrected chi connectivity index (χ0v) is 29.5. The summed E-state index contributed by atoms with van der Waals surface area (Å²) in [7, 11) is 0. The number of aromatic nitrogens is 3. The van der Waals surface area contributed by atoms with E-state index in [-0.39, 0.29) is 0 Å². The fourth-order valence-electron chi connectivity index (χ4n) is 7.68. The first-order valence-corrected chi connectivity index (χ1v) is 18.5. The lowest BCUT2D eigenvalue weighted by atomic mass is 9.93. The Hall–Kier alpha value is -6.69. The molecule has 1 aliphatic heterocycles. The smallest absolute Gasteiger partial charge is 0.164 e. The summed E-state index contributed by atoms with van der Waals surface area (Å²) < 4.78 is 12.4. The maximum atomic E-state index is 6.73. The van der Waals surface area contributed by atoms with Gasteiger partial charge in [-0.05, 0) is 51.9 Å². The van der Waals surface area contributed by atoms with Crippen LogP contribution in [-0.4, -0.2) is 28.2 Å². The van der Waals surface area contributed by atoms with Crippen molar-refractivity contribution in [2.45, 2.75) is 12.3 Å². The first kappa shape index (κ1) is 32.0. The maximum Gasteiger partial charge on any atom is 0.164 e. The van der Waals surface area contributed by atoms with Crippen molar-refractivity contribution in [1.82, 2.24) is 15.0 Å². The number of hydrogen-bond acceptors (Lipinski definition) is 5. The van der Waals surface area contributed by atoms with E-state index in [0.717, 1.165) is 75.0 Å². The van der Waals surface area contributed by atoms with E-state index in [2.05, 4.69) is 121 Å². The van der Waals surface area contributed by atoms with Crippen LogP contribution in [0.5, 0.6) is 0 Å². The molecular weight excluding hydrogens is 663 g/mol. The van der Waals surface area contributed by atoms with E-state index in [0.29, 0.717) is 23.4 Å². The Labute approximate surface area is 313 Å². The summed E-state index contributed by atoms with van der Waals surface area (Å²) in [6, 6.07) is 59.0. The van der Waals surface area contributed by atoms with Gasteiger partial charge in [-0.15, -0.1) is 0 Å². The molecule has 0 saturated carbocycles. The Morgan fingerprint density at radius 3 is 1.78 bits per heavy atom. The van der Waals surface area contributed by atoms with Crippen LogP contribution in [0.25, 0.3) is 89.5 Å². The summed E-state index contributed by atoms with van der Waals surface area (Å²) in [6.07, 6.45) is 1.07. The lowest BCUT2D eigenvalue weighted by Gasteiger charge is -2.11. The Balaban J connectivity index is 1.09. The fraction of sp³-hybridized carbons (Fsp3) is 0.0816. The van der Waals surface area contributed by atoms with Gasteiger partial charge < -0.3 is 9.15 Å². The molecule has 1 aliphatic rings. The highest BCUT2D eigenvalue weighted by molar-refractivity contribution is 6.15. The van der Waals surface area contributed by atoms with E-state index < -0.39 is 0 Å². The standard InChI is InChI=1S/C49H35N3O2/c1-3-11-32(12-4-1)33-23-25-35(26-24-33)48-50-47(34-13-5-2-6-14-34)51-49(52-48)43-21-10-22-44-45(43)42-20-9-19-41(46(42)54-44)39-18-8-16-37(30-39)36-15-7-17-38(29-36)40-27-28-53-31-40/h1-26,29-30,40H,27-28,31H2. The third-order valence-corrected chi connectivity index (χ3v) is 10.5. The fourth-order valence-corrected chi connectivity index (χ4v) is 7.68. The molecule has 5 heteroatoms. The zero-order valence-electron chi connectivity index (χ0n) is 29.5. The van der Waals surface area contributed by atoms with Gasteiger partial charge in [-0.25, -0.2) is 15.0 Å². The van der Waals surface area contributed by atoms with Gasteiger partial charge in [0.25, 0.3) is 0 Å². The molecule has 54 heavy (non-hydrogen) atoms. The average Bonchev–Trinajstić information content (AvgIpc) is 3.94. The molecule has 1 unspecified atom stereocenters. The van der Waals surface area contributed by atoms with E-state index in [1.165, 1.54) is 22.3 Å². The largest absolute Gasteiger partial charge is 0.455 e. The molecule has 9 aromatic rings. The summed E-state index contributed by atoms with van der Waals surface area (Å²) >= 11 is 0. The van der Waals surface area contributed by atoms with Crippen LogP contribution in [0.15, 0.2) is 174 Å². The molecule has 0 N–H and O–H groups in total. The summed E-state index contributed by atoms with van der Waals surface area (Å²) in [5, 5.41) is 2.00. The van der Waals surface area contributed by atoms with Crippen molar-refractivity contribution in [3.63, 3.8) is 0 Å². The Morgan fingerprint density at radius 2 is 1.02 bits per heavy atom. The molecule has 0 aliphatic carbocycles. The van der Waals surface area contributed by atoms with Gasteiger partial charge in [0.2, 0.25) is 0 Å². The van der Waals surface area contributed by atoms with Crippen molar-refractivity contribution < 1.29 is 9.15 Å². The summed E-state index contributed by atoms with van der Waals surface area (Å²) in [5.41, 5.74) is 12.5. The molecule has 0 spiro atoms. The zero-order chi connectivity index (χ0) is 35.8. The molecule has 258 valence electrons. The van der Waals surface area contributed by atoms with E-state index in [4.69, 9.17) is 24.1 Å². The van der Waals surface area contributed by atoms with Gasteiger partial charge >= 0.3 is 0 Å². The predicted molar refractivity (Wildman–Crippen MR) is 218 cm³/mol. The molecular formula is C49H35N3O2. The van der Waals surface area contributed by atoms with Crippen LogP contribution in [0.3, 0.4) is 0 Å². The number of fused-ring (bicyclic) bond motifs is 3. The Morgan fingerprint density at radius 1 is 0.444 bits per heavy atom. The minimum Gasteiger partial charge on any atom is -0.455 e. The first-order chi connectivity index (χ1) is 26.7. The predicted octanol–water partition coefficient (Wildman–Crippen LogP) is 12.3. The molecule has 1 saturated heterocycles. The van der Waals surface area contributed by atoms with Gasteiger partial charge in [-0.3, -0.25) is 0 Å². The molecule has 3 heterocycles. The molecule has 1 atom stereocenters. The second-order valence-corrected chi connectivity index (χ2v) is 13.8. The maximum absolute atomic E-state index is 6.73. The van der Waals surface area contributed by atoms with Crippen LogP contribution >= 0.6 is 0 Å². The highest BCUT2D eigenvalue weighted by Gasteiger charge is 2.21. The lowest BCUT2D eigenvalue weighted by molar-refractivity contribution is 0.194. The molecule has 7 aromatic carbocycles. The van der Waals surface area contributed by atoms with Crippen molar-refractivity contribution in [1.29, 1.82) is 0 Å². The van der Waals surface area contributed by atoms with Crippen LogP contribution in [0.4, 0.5) is 0 Å². The van der Waals surface area contributed by atoms with Crippen molar-refractivity contribution in [2.75, 3.05) is 13.2 Å². The summed E-state index contributed by atoms with van der Waals surface area (Å²) in [6.45, 7) is 1.63. The Bertz CT molecular complexity index is 2770. The second-order valence-electron chi connectivity index (χ2n) is 13.8. The average molecular weight is 698 g/mol. The van der Waals surface area contributed by atoms with Crippen molar-refractivity contribution in [3.8, 4) is 67.5 Å². The number of furan rings is 1. The van der Waals surface area contributed by atoms with Gasteiger partial charge in [0.1, 0.15) is 11.2 Å². The SMILES string of the molecule is c1ccc(-c2ccc(-c3nc(-c4ccccc4)nc(-c4cccc5oc6c(-c7cccc(-c8cccc(C9CCOC9)c8)c7)cccc6c45)n3)cc2)cc1. The van der Waals surface area contributed by atoms with Gasteiger partial charge in [-0.1, -0.05) is 158 Å². The van der Waals surface area contributed by atoms with Crippen LogP contribution in [0.1, 0.15) is 17.9 Å². The molecule has 10 rings (SSSR count). The summed E-state index contributed by atoms with van der Waals surface area (Å²) in [5.74, 6) is 2.29. The molecule has 0 amide bonds. The number of rotatable bonds is 7. The topological polar surface area (TPSA) is 61.0 Å². The van der Waals surface area contributed by atoms with Crippen molar-refractivity contribution >= 4 is 21.9 Å². The van der Waals surface area contributed by atoms with E-state index in [1.54, 1.807) is 0 Å². The van der Waals surface area contributed by atoms with Crippen molar-refractivity contribution in [3.05, 3.63) is 175 Å². The molecule has 2 aromatic heterocycles. The van der Waals surface area contributed by atoms with Crippen LogP contribution < -0.4 is 0 Å². The number of benzene rings is 7. The van der Waals surface area contributed by atoms with Crippen LogP contribution in [0, 0.1) is 0 Å². The Kier molecular flexibility index (Phi) is 8.12. The monoisotopic (exact) mass is 697 g/mol. The molecule has 5 nitrogen and oxygen atoms in total. The van der Waals surface area contributed by atoms with Crippen LogP contribution in [0.2, 0.25) is 0 Å². The van der Waals surface area contributed by atoms with Gasteiger partial charge in [0.15, 0.2) is 17.5 Å². The van der Waals surface area contributed by atoms with E-state index in [9.17, 15) is 0 Å². The quantitative estimate of drug-likeness (QED) is 0.166. The lowest BCUT2D eigenvalue weighted by Crippen LogP contribution is -2.00. The molecule has 0 radical (unpaired) electrons. The van der Waals surface area contributed by atoms with Crippen LogP contribution in [-0.2, 0) is 4.74 Å². The third-order valence-electron chi connectivity index (χ3n) is 10.5. The molecule has 0 bridgehead atoms. The minimum atomic E-state index is 0.455. The van der Waals surface area contributed by atoms with Gasteiger partial charge in [-0.2, -0.15) is 0 Å². The first-order valence-electron chi connectivity index (χ1n) is 18.5. The highest BCUT2D eigenvalue weighted by Crippen LogP contribution is 2.41. The molecule has 1 fully saturated rings.